The molecule has 1 aromatic heterocycles. The molecule has 0 saturated carbocycles. The topological polar surface area (TPSA) is 45.2 Å². The van der Waals surface area contributed by atoms with E-state index in [0.717, 1.165) is 41.5 Å². The van der Waals surface area contributed by atoms with Crippen LogP contribution in [0.1, 0.15) is 16.1 Å². The zero-order valence-electron chi connectivity index (χ0n) is 15.2. The Bertz CT molecular complexity index is 970. The average Bonchev–Trinajstić information content (AvgIpc) is 3.21. The molecule has 2 heterocycles. The number of halogens is 1. The van der Waals surface area contributed by atoms with Gasteiger partial charge in [-0.1, -0.05) is 41.9 Å². The number of thiazole rings is 1. The number of hydrogen-bond acceptors (Lipinski definition) is 5. The number of nitrogens with zero attached hydrogens (tertiary/aromatic N) is 2. The van der Waals surface area contributed by atoms with Crippen LogP contribution in [0, 0.1) is 0 Å². The van der Waals surface area contributed by atoms with Crippen molar-refractivity contribution in [3.63, 3.8) is 0 Å². The molecule has 0 bridgehead atoms. The van der Waals surface area contributed by atoms with Crippen LogP contribution in [0.2, 0.25) is 5.02 Å². The summed E-state index contributed by atoms with van der Waals surface area (Å²) < 4.78 is 0. The zero-order chi connectivity index (χ0) is 19.3. The first-order valence-corrected chi connectivity index (χ1v) is 11.5. The van der Waals surface area contributed by atoms with Crippen molar-refractivity contribution in [3.8, 4) is 10.6 Å². The maximum absolute atomic E-state index is 12.8. The van der Waals surface area contributed by atoms with Gasteiger partial charge in [-0.15, -0.1) is 11.3 Å². The fourth-order valence-electron chi connectivity index (χ4n) is 3.10. The highest BCUT2D eigenvalue weighted by atomic mass is 35.5. The minimum Gasteiger partial charge on any atom is -0.320 e. The Morgan fingerprint density at radius 2 is 1.96 bits per heavy atom. The van der Waals surface area contributed by atoms with Gasteiger partial charge in [0.15, 0.2) is 0 Å². The predicted octanol–water partition coefficient (Wildman–Crippen LogP) is 5.26. The molecular formula is C21H20ClN3OS2. The third-order valence-electron chi connectivity index (χ3n) is 4.57. The fraction of sp³-hybridized carbons (Fsp3) is 0.238. The predicted molar refractivity (Wildman–Crippen MR) is 120 cm³/mol. The van der Waals surface area contributed by atoms with Crippen LogP contribution in [0.25, 0.3) is 10.6 Å². The molecule has 0 unspecified atom stereocenters. The van der Waals surface area contributed by atoms with Gasteiger partial charge in [-0.3, -0.25) is 9.69 Å². The molecular weight excluding hydrogens is 410 g/mol. The number of thioether (sulfide) groups is 1. The highest BCUT2D eigenvalue weighted by Crippen LogP contribution is 2.27. The Morgan fingerprint density at radius 3 is 2.79 bits per heavy atom. The molecule has 4 rings (SSSR count). The average molecular weight is 430 g/mol. The molecule has 1 amide bonds. The van der Waals surface area contributed by atoms with Gasteiger partial charge in [0.2, 0.25) is 0 Å². The summed E-state index contributed by atoms with van der Waals surface area (Å²) in [5, 5.41) is 6.27. The van der Waals surface area contributed by atoms with Gasteiger partial charge < -0.3 is 5.32 Å². The highest BCUT2D eigenvalue weighted by Gasteiger charge is 2.16. The van der Waals surface area contributed by atoms with Gasteiger partial charge in [-0.05, 0) is 23.8 Å². The first-order chi connectivity index (χ1) is 13.7. The van der Waals surface area contributed by atoms with Crippen molar-refractivity contribution in [3.05, 3.63) is 70.2 Å². The summed E-state index contributed by atoms with van der Waals surface area (Å²) in [5.41, 5.74) is 3.32. The van der Waals surface area contributed by atoms with E-state index in [-0.39, 0.29) is 5.91 Å². The Hall–Kier alpha value is -1.86. The minimum absolute atomic E-state index is 0.189. The lowest BCUT2D eigenvalue weighted by molar-refractivity contribution is 0.102. The third-order valence-corrected chi connectivity index (χ3v) is 6.64. The monoisotopic (exact) mass is 429 g/mol. The number of anilines is 1. The smallest absolute Gasteiger partial charge is 0.275 e. The van der Waals surface area contributed by atoms with Crippen molar-refractivity contribution >= 4 is 46.3 Å². The zero-order valence-corrected chi connectivity index (χ0v) is 17.6. The Balaban J connectivity index is 1.48. The molecule has 144 valence electrons. The number of aromatic nitrogens is 1. The number of nitrogens with one attached hydrogen (secondary N) is 1. The lowest BCUT2D eigenvalue weighted by Gasteiger charge is -2.27. The van der Waals surface area contributed by atoms with E-state index in [9.17, 15) is 4.79 Å². The van der Waals surface area contributed by atoms with Crippen molar-refractivity contribution in [2.75, 3.05) is 29.9 Å². The molecule has 1 N–H and O–H groups in total. The molecule has 1 saturated heterocycles. The summed E-state index contributed by atoms with van der Waals surface area (Å²) in [6, 6.07) is 15.5. The van der Waals surface area contributed by atoms with E-state index in [0.29, 0.717) is 10.7 Å². The summed E-state index contributed by atoms with van der Waals surface area (Å²) >= 11 is 9.50. The summed E-state index contributed by atoms with van der Waals surface area (Å²) in [6.07, 6.45) is 0. The van der Waals surface area contributed by atoms with Gasteiger partial charge in [0, 0.05) is 52.8 Å². The second-order valence-corrected chi connectivity index (χ2v) is 9.07. The number of amides is 1. The van der Waals surface area contributed by atoms with Gasteiger partial charge in [-0.2, -0.15) is 11.8 Å². The third kappa shape index (κ3) is 4.75. The van der Waals surface area contributed by atoms with E-state index >= 15 is 0 Å². The first-order valence-electron chi connectivity index (χ1n) is 9.10. The van der Waals surface area contributed by atoms with E-state index in [1.807, 2.05) is 54.2 Å². The van der Waals surface area contributed by atoms with Gasteiger partial charge in [-0.25, -0.2) is 4.98 Å². The normalized spacial score (nSPS) is 14.8. The summed E-state index contributed by atoms with van der Waals surface area (Å²) in [5.74, 6) is 2.14. The molecule has 0 radical (unpaired) electrons. The second-order valence-electron chi connectivity index (χ2n) is 6.55. The molecule has 3 aromatic rings. The molecule has 0 atom stereocenters. The van der Waals surface area contributed by atoms with Gasteiger partial charge in [0.25, 0.3) is 5.91 Å². The lowest BCUT2D eigenvalue weighted by atomic mass is 10.1. The Kier molecular flexibility index (Phi) is 6.32. The molecule has 1 aliphatic rings. The van der Waals surface area contributed by atoms with E-state index in [1.54, 1.807) is 5.38 Å². The van der Waals surface area contributed by atoms with Crippen molar-refractivity contribution in [1.82, 2.24) is 9.88 Å². The fourth-order valence-corrected chi connectivity index (χ4v) is 5.06. The van der Waals surface area contributed by atoms with Crippen LogP contribution in [-0.2, 0) is 6.54 Å². The number of rotatable bonds is 5. The molecule has 1 aliphatic heterocycles. The van der Waals surface area contributed by atoms with Crippen molar-refractivity contribution < 1.29 is 4.79 Å². The molecule has 28 heavy (non-hydrogen) atoms. The number of carbonyl (C=O) groups excluding carboxylic acids is 1. The van der Waals surface area contributed by atoms with Crippen LogP contribution >= 0.6 is 34.7 Å². The van der Waals surface area contributed by atoms with Crippen molar-refractivity contribution in [1.29, 1.82) is 0 Å². The van der Waals surface area contributed by atoms with E-state index < -0.39 is 0 Å². The highest BCUT2D eigenvalue weighted by molar-refractivity contribution is 7.99. The summed E-state index contributed by atoms with van der Waals surface area (Å²) in [6.45, 7) is 3.02. The van der Waals surface area contributed by atoms with Crippen molar-refractivity contribution in [2.45, 2.75) is 6.54 Å². The van der Waals surface area contributed by atoms with Gasteiger partial charge >= 0.3 is 0 Å². The van der Waals surface area contributed by atoms with E-state index in [2.05, 4.69) is 21.3 Å². The van der Waals surface area contributed by atoms with Crippen LogP contribution in [0.3, 0.4) is 0 Å². The number of hydrogen-bond donors (Lipinski definition) is 1. The summed E-state index contributed by atoms with van der Waals surface area (Å²) in [4.78, 5) is 19.7. The maximum atomic E-state index is 12.8. The lowest BCUT2D eigenvalue weighted by Crippen LogP contribution is -2.32. The Labute approximate surface area is 177 Å². The van der Waals surface area contributed by atoms with Crippen LogP contribution < -0.4 is 5.32 Å². The van der Waals surface area contributed by atoms with Gasteiger partial charge in [0.05, 0.1) is 0 Å². The molecule has 7 heteroatoms. The largest absolute Gasteiger partial charge is 0.320 e. The van der Waals surface area contributed by atoms with Gasteiger partial charge in [0.1, 0.15) is 10.7 Å². The molecule has 4 nitrogen and oxygen atoms in total. The SMILES string of the molecule is O=C(Nc1ccccc1CN1CCSCC1)c1csc(-c2cccc(Cl)c2)n1. The van der Waals surface area contributed by atoms with E-state index in [4.69, 9.17) is 11.6 Å². The standard InChI is InChI=1S/C21H20ClN3OS2/c22-17-6-3-5-15(12-17)21-24-19(14-28-21)20(26)23-18-7-2-1-4-16(18)13-25-8-10-27-11-9-25/h1-7,12,14H,8-11,13H2,(H,23,26). The number of para-hydroxylation sites is 1. The quantitative estimate of drug-likeness (QED) is 0.600. The molecule has 2 aromatic carbocycles. The molecule has 1 fully saturated rings. The minimum atomic E-state index is -0.189. The summed E-state index contributed by atoms with van der Waals surface area (Å²) in [7, 11) is 0. The molecule has 0 aliphatic carbocycles. The molecule has 0 spiro atoms. The maximum Gasteiger partial charge on any atom is 0.275 e. The van der Waals surface area contributed by atoms with Crippen LogP contribution in [-0.4, -0.2) is 40.4 Å². The van der Waals surface area contributed by atoms with Crippen LogP contribution in [0.15, 0.2) is 53.9 Å². The first kappa shape index (κ1) is 19.5. The second kappa shape index (κ2) is 9.09. The van der Waals surface area contributed by atoms with Crippen LogP contribution in [0.5, 0.6) is 0 Å². The van der Waals surface area contributed by atoms with Crippen molar-refractivity contribution in [2.24, 2.45) is 0 Å². The number of carbonyl (C=O) groups is 1. The Morgan fingerprint density at radius 1 is 1.14 bits per heavy atom. The van der Waals surface area contributed by atoms with E-state index in [1.165, 1.54) is 22.8 Å². The number of benzene rings is 2. The van der Waals surface area contributed by atoms with Crippen LogP contribution in [0.4, 0.5) is 5.69 Å².